The first-order chi connectivity index (χ1) is 16.6. The standard InChI is InChI=1S/C29H33N3O2/c1-4-22(2)32(21-27(33)23-14-8-5-9-15-23)20-26-28(24-16-10-6-11-17-24)30-31(3)29(26)34-25-18-12-7-13-19-25/h5-19,22,27,33H,4,20-21H2,1-3H3. The maximum Gasteiger partial charge on any atom is 0.222 e. The van der Waals surface area contributed by atoms with E-state index in [0.717, 1.165) is 34.6 Å². The first-order valence-electron chi connectivity index (χ1n) is 11.9. The molecule has 1 heterocycles. The summed E-state index contributed by atoms with van der Waals surface area (Å²) in [5.74, 6) is 1.48. The van der Waals surface area contributed by atoms with Gasteiger partial charge in [0.05, 0.1) is 11.7 Å². The number of aliphatic hydroxyl groups is 1. The summed E-state index contributed by atoms with van der Waals surface area (Å²) in [6, 6.07) is 30.1. The number of nitrogens with zero attached hydrogens (tertiary/aromatic N) is 3. The summed E-state index contributed by atoms with van der Waals surface area (Å²) < 4.78 is 8.17. The normalized spacial score (nSPS) is 13.1. The average molecular weight is 456 g/mol. The van der Waals surface area contributed by atoms with Crippen LogP contribution in [-0.4, -0.2) is 32.4 Å². The van der Waals surface area contributed by atoms with E-state index in [1.54, 1.807) is 0 Å². The van der Waals surface area contributed by atoms with Crippen LogP contribution < -0.4 is 4.74 Å². The molecule has 4 rings (SSSR count). The number of hydrogen-bond donors (Lipinski definition) is 1. The maximum absolute atomic E-state index is 11.0. The molecule has 4 aromatic rings. The summed E-state index contributed by atoms with van der Waals surface area (Å²) in [5.41, 5.74) is 3.88. The minimum Gasteiger partial charge on any atom is -0.439 e. The van der Waals surface area contributed by atoms with Gasteiger partial charge < -0.3 is 9.84 Å². The highest BCUT2D eigenvalue weighted by molar-refractivity contribution is 5.65. The highest BCUT2D eigenvalue weighted by Gasteiger charge is 2.25. The van der Waals surface area contributed by atoms with E-state index in [2.05, 4.69) is 30.9 Å². The van der Waals surface area contributed by atoms with E-state index in [1.165, 1.54) is 0 Å². The van der Waals surface area contributed by atoms with Gasteiger partial charge in [0.25, 0.3) is 0 Å². The third-order valence-electron chi connectivity index (χ3n) is 6.26. The van der Waals surface area contributed by atoms with Crippen molar-refractivity contribution >= 4 is 0 Å². The molecule has 5 heteroatoms. The topological polar surface area (TPSA) is 50.5 Å². The lowest BCUT2D eigenvalue weighted by Crippen LogP contribution is -2.35. The number of aromatic nitrogens is 2. The number of ether oxygens (including phenoxy) is 1. The fourth-order valence-corrected chi connectivity index (χ4v) is 4.12. The second-order valence-corrected chi connectivity index (χ2v) is 8.65. The molecule has 0 spiro atoms. The van der Waals surface area contributed by atoms with Crippen LogP contribution in [0.25, 0.3) is 11.3 Å². The Morgan fingerprint density at radius 3 is 2.12 bits per heavy atom. The van der Waals surface area contributed by atoms with Gasteiger partial charge in [0.1, 0.15) is 11.4 Å². The van der Waals surface area contributed by atoms with Gasteiger partial charge in [-0.25, -0.2) is 4.68 Å². The van der Waals surface area contributed by atoms with Crippen molar-refractivity contribution in [3.05, 3.63) is 102 Å². The fourth-order valence-electron chi connectivity index (χ4n) is 4.12. The molecule has 0 aliphatic rings. The van der Waals surface area contributed by atoms with Gasteiger partial charge in [-0.3, -0.25) is 4.90 Å². The Labute approximate surface area is 202 Å². The van der Waals surface area contributed by atoms with E-state index in [9.17, 15) is 5.11 Å². The van der Waals surface area contributed by atoms with E-state index in [-0.39, 0.29) is 6.04 Å². The smallest absolute Gasteiger partial charge is 0.222 e. The van der Waals surface area contributed by atoms with Crippen LogP contribution in [0.2, 0.25) is 0 Å². The predicted octanol–water partition coefficient (Wildman–Crippen LogP) is 6.21. The van der Waals surface area contributed by atoms with Gasteiger partial charge in [-0.1, -0.05) is 85.8 Å². The third-order valence-corrected chi connectivity index (χ3v) is 6.26. The van der Waals surface area contributed by atoms with Crippen LogP contribution in [0, 0.1) is 0 Å². The van der Waals surface area contributed by atoms with Crippen LogP contribution in [0.3, 0.4) is 0 Å². The molecule has 0 saturated carbocycles. The van der Waals surface area contributed by atoms with Gasteiger partial charge in [-0.15, -0.1) is 0 Å². The molecule has 3 aromatic carbocycles. The molecule has 1 aromatic heterocycles. The third kappa shape index (κ3) is 5.56. The number of rotatable bonds is 10. The second-order valence-electron chi connectivity index (χ2n) is 8.65. The summed E-state index contributed by atoms with van der Waals surface area (Å²) in [4.78, 5) is 2.32. The lowest BCUT2D eigenvalue weighted by molar-refractivity contribution is 0.0844. The minimum atomic E-state index is -0.578. The number of aliphatic hydroxyl groups excluding tert-OH is 1. The van der Waals surface area contributed by atoms with Crippen LogP contribution in [-0.2, 0) is 13.6 Å². The number of hydrogen-bond acceptors (Lipinski definition) is 4. The van der Waals surface area contributed by atoms with E-state index in [1.807, 2.05) is 90.6 Å². The van der Waals surface area contributed by atoms with Crippen molar-refractivity contribution in [2.24, 2.45) is 7.05 Å². The largest absolute Gasteiger partial charge is 0.439 e. The Bertz CT molecular complexity index is 1160. The van der Waals surface area contributed by atoms with E-state index in [0.29, 0.717) is 19.0 Å². The lowest BCUT2D eigenvalue weighted by atomic mass is 10.0. The van der Waals surface area contributed by atoms with Crippen LogP contribution in [0.5, 0.6) is 11.6 Å². The minimum absolute atomic E-state index is 0.270. The molecule has 34 heavy (non-hydrogen) atoms. The molecular weight excluding hydrogens is 422 g/mol. The highest BCUT2D eigenvalue weighted by atomic mass is 16.5. The average Bonchev–Trinajstić information content (AvgIpc) is 3.19. The van der Waals surface area contributed by atoms with Gasteiger partial charge in [0.2, 0.25) is 5.88 Å². The van der Waals surface area contributed by atoms with Crippen molar-refractivity contribution in [1.82, 2.24) is 14.7 Å². The summed E-state index contributed by atoms with van der Waals surface area (Å²) in [7, 11) is 1.92. The Hall–Kier alpha value is -3.41. The zero-order valence-electron chi connectivity index (χ0n) is 20.1. The van der Waals surface area contributed by atoms with Crippen molar-refractivity contribution in [1.29, 1.82) is 0 Å². The van der Waals surface area contributed by atoms with Crippen LogP contribution in [0.15, 0.2) is 91.0 Å². The van der Waals surface area contributed by atoms with Crippen molar-refractivity contribution in [2.75, 3.05) is 6.54 Å². The number of aryl methyl sites for hydroxylation is 1. The summed E-state index contributed by atoms with van der Waals surface area (Å²) in [6.45, 7) is 5.51. The van der Waals surface area contributed by atoms with Crippen molar-refractivity contribution in [3.8, 4) is 22.9 Å². The first kappa shape index (κ1) is 23.7. The van der Waals surface area contributed by atoms with Crippen LogP contribution in [0.1, 0.15) is 37.5 Å². The molecule has 0 bridgehead atoms. The molecular formula is C29H33N3O2. The zero-order valence-corrected chi connectivity index (χ0v) is 20.1. The number of benzene rings is 3. The molecule has 5 nitrogen and oxygen atoms in total. The molecule has 176 valence electrons. The molecule has 2 unspecified atom stereocenters. The van der Waals surface area contributed by atoms with E-state index < -0.39 is 6.10 Å². The second kappa shape index (κ2) is 11.1. The Morgan fingerprint density at radius 1 is 0.912 bits per heavy atom. The molecule has 0 amide bonds. The van der Waals surface area contributed by atoms with Gasteiger partial charge in [0.15, 0.2) is 0 Å². The summed E-state index contributed by atoms with van der Waals surface area (Å²) in [6.07, 6.45) is 0.391. The van der Waals surface area contributed by atoms with Gasteiger partial charge in [0, 0.05) is 31.7 Å². The van der Waals surface area contributed by atoms with E-state index in [4.69, 9.17) is 9.84 Å². The quantitative estimate of drug-likeness (QED) is 0.309. The summed E-state index contributed by atoms with van der Waals surface area (Å²) in [5, 5.41) is 15.9. The monoisotopic (exact) mass is 455 g/mol. The van der Waals surface area contributed by atoms with Crippen molar-refractivity contribution in [2.45, 2.75) is 39.0 Å². The van der Waals surface area contributed by atoms with Gasteiger partial charge >= 0.3 is 0 Å². The lowest BCUT2D eigenvalue weighted by Gasteiger charge is -2.31. The summed E-state index contributed by atoms with van der Waals surface area (Å²) >= 11 is 0. The van der Waals surface area contributed by atoms with Crippen LogP contribution >= 0.6 is 0 Å². The Balaban J connectivity index is 1.71. The molecule has 0 aliphatic carbocycles. The molecule has 2 atom stereocenters. The van der Waals surface area contributed by atoms with Gasteiger partial charge in [-0.2, -0.15) is 5.10 Å². The Morgan fingerprint density at radius 2 is 1.50 bits per heavy atom. The fraction of sp³-hybridized carbons (Fsp3) is 0.276. The predicted molar refractivity (Wildman–Crippen MR) is 137 cm³/mol. The number of para-hydroxylation sites is 1. The molecule has 0 aliphatic heterocycles. The van der Waals surface area contributed by atoms with Crippen molar-refractivity contribution in [3.63, 3.8) is 0 Å². The first-order valence-corrected chi connectivity index (χ1v) is 11.9. The van der Waals surface area contributed by atoms with Gasteiger partial charge in [-0.05, 0) is 31.0 Å². The van der Waals surface area contributed by atoms with Crippen LogP contribution in [0.4, 0.5) is 0 Å². The highest BCUT2D eigenvalue weighted by Crippen LogP contribution is 2.35. The SMILES string of the molecule is CCC(C)N(Cc1c(-c2ccccc2)nn(C)c1Oc1ccccc1)CC(O)c1ccccc1. The molecule has 0 saturated heterocycles. The zero-order chi connectivity index (χ0) is 23.9. The Kier molecular flexibility index (Phi) is 7.78. The molecule has 0 fully saturated rings. The molecule has 1 N–H and O–H groups in total. The van der Waals surface area contributed by atoms with E-state index >= 15 is 0 Å². The molecule has 0 radical (unpaired) electrons. The maximum atomic E-state index is 11.0. The van der Waals surface area contributed by atoms with Crippen molar-refractivity contribution < 1.29 is 9.84 Å².